The van der Waals surface area contributed by atoms with Crippen molar-refractivity contribution in [1.29, 1.82) is 0 Å². The molecule has 0 spiro atoms. The van der Waals surface area contributed by atoms with Crippen molar-refractivity contribution in [3.8, 4) is 10.4 Å². The molecule has 2 aromatic carbocycles. The summed E-state index contributed by atoms with van der Waals surface area (Å²) in [5.74, 6) is -2.17. The van der Waals surface area contributed by atoms with Crippen LogP contribution in [0, 0.1) is 18.6 Å². The number of likely N-dealkylation sites (tertiary alicyclic amines) is 1. The number of carbonyl (C=O) groups is 1. The number of hydrogen-bond donors (Lipinski definition) is 1. The normalized spacial score (nSPS) is 16.2. The van der Waals surface area contributed by atoms with Crippen molar-refractivity contribution >= 4 is 34.4 Å². The number of nitrogens with one attached hydrogen (secondary N) is 1. The molecule has 2 aromatic heterocycles. The molecule has 1 aliphatic heterocycles. The third-order valence-electron chi connectivity index (χ3n) is 5.23. The number of nitrogens with zero attached hydrogens (tertiary/aromatic N) is 3. The maximum Gasteiger partial charge on any atom is 0.296 e. The highest BCUT2D eigenvalue weighted by molar-refractivity contribution is 7.15. The summed E-state index contributed by atoms with van der Waals surface area (Å²) >= 11 is 1.50. The molecule has 158 valence electrons. The number of anilines is 1. The van der Waals surface area contributed by atoms with Crippen molar-refractivity contribution in [2.24, 2.45) is 0 Å². The number of carbonyl (C=O) groups excluding carboxylic acids is 1. The van der Waals surface area contributed by atoms with Gasteiger partial charge in [0.05, 0.1) is 9.88 Å². The van der Waals surface area contributed by atoms with Gasteiger partial charge in [0.25, 0.3) is 11.9 Å². The summed E-state index contributed by atoms with van der Waals surface area (Å²) in [4.78, 5) is 24.4. The third kappa shape index (κ3) is 3.65. The Bertz CT molecular complexity index is 1270. The molecule has 1 amide bonds. The number of aryl methyl sites for hydroxylation is 1. The number of fused-ring (bicyclic) bond motifs is 1. The second-order valence-electron chi connectivity index (χ2n) is 7.39. The molecular weight excluding hydrogens is 422 g/mol. The van der Waals surface area contributed by atoms with E-state index in [0.717, 1.165) is 21.5 Å². The first kappa shape index (κ1) is 19.6. The monoisotopic (exact) mass is 440 g/mol. The molecule has 1 N–H and O–H groups in total. The lowest BCUT2D eigenvalue weighted by Crippen LogP contribution is -2.32. The zero-order valence-corrected chi connectivity index (χ0v) is 17.4. The largest absolute Gasteiger partial charge is 0.420 e. The summed E-state index contributed by atoms with van der Waals surface area (Å²) in [6.45, 7) is 2.86. The van der Waals surface area contributed by atoms with E-state index in [9.17, 15) is 13.6 Å². The Labute approximate surface area is 180 Å². The lowest BCUT2D eigenvalue weighted by molar-refractivity contribution is 0.0787. The average molecular weight is 440 g/mol. The van der Waals surface area contributed by atoms with E-state index in [-0.39, 0.29) is 29.1 Å². The molecule has 31 heavy (non-hydrogen) atoms. The van der Waals surface area contributed by atoms with E-state index >= 15 is 0 Å². The van der Waals surface area contributed by atoms with Crippen LogP contribution in [0.2, 0.25) is 0 Å². The quantitative estimate of drug-likeness (QED) is 0.491. The minimum absolute atomic E-state index is 0.105. The molecule has 6 nitrogen and oxygen atoms in total. The maximum absolute atomic E-state index is 13.9. The van der Waals surface area contributed by atoms with Gasteiger partial charge in [-0.2, -0.15) is 9.37 Å². The number of rotatable bonds is 4. The van der Waals surface area contributed by atoms with Gasteiger partial charge >= 0.3 is 0 Å². The smallest absolute Gasteiger partial charge is 0.296 e. The molecule has 0 bridgehead atoms. The Morgan fingerprint density at radius 3 is 2.81 bits per heavy atom. The van der Waals surface area contributed by atoms with Gasteiger partial charge in [-0.1, -0.05) is 30.3 Å². The van der Waals surface area contributed by atoms with Crippen LogP contribution in [0.4, 0.5) is 14.8 Å². The molecule has 1 unspecified atom stereocenters. The van der Waals surface area contributed by atoms with Crippen molar-refractivity contribution in [2.75, 3.05) is 18.4 Å². The van der Waals surface area contributed by atoms with Gasteiger partial charge < -0.3 is 14.6 Å². The second-order valence-corrected chi connectivity index (χ2v) is 8.59. The fourth-order valence-corrected chi connectivity index (χ4v) is 4.66. The van der Waals surface area contributed by atoms with Crippen LogP contribution in [-0.4, -0.2) is 39.9 Å². The van der Waals surface area contributed by atoms with Gasteiger partial charge in [0, 0.05) is 19.1 Å². The molecule has 9 heteroatoms. The van der Waals surface area contributed by atoms with Gasteiger partial charge in [0.2, 0.25) is 5.82 Å². The first-order valence-electron chi connectivity index (χ1n) is 9.83. The predicted molar refractivity (Wildman–Crippen MR) is 114 cm³/mol. The van der Waals surface area contributed by atoms with Gasteiger partial charge in [0.15, 0.2) is 11.4 Å². The lowest BCUT2D eigenvalue weighted by Gasteiger charge is -2.16. The number of hydrogen-bond acceptors (Lipinski definition) is 6. The highest BCUT2D eigenvalue weighted by atomic mass is 32.1. The Morgan fingerprint density at radius 1 is 1.19 bits per heavy atom. The SMILES string of the molecule is Cc1nc(C(=O)N2CCC(Nc3nc4ccc(F)c(F)c4o3)C2)c(-c2ccccc2)s1. The Hall–Kier alpha value is -3.33. The Kier molecular flexibility index (Phi) is 4.90. The Balaban J connectivity index is 1.32. The van der Waals surface area contributed by atoms with Gasteiger partial charge in [0.1, 0.15) is 11.2 Å². The van der Waals surface area contributed by atoms with E-state index in [1.165, 1.54) is 17.4 Å². The predicted octanol–water partition coefficient (Wildman–Crippen LogP) is 4.86. The number of oxazole rings is 1. The molecule has 3 heterocycles. The number of amides is 1. The van der Waals surface area contributed by atoms with Crippen molar-refractivity contribution in [1.82, 2.24) is 14.9 Å². The average Bonchev–Trinajstić information content (AvgIpc) is 3.50. The van der Waals surface area contributed by atoms with E-state index in [1.807, 2.05) is 37.3 Å². The van der Waals surface area contributed by atoms with E-state index in [2.05, 4.69) is 15.3 Å². The molecule has 1 fully saturated rings. The van der Waals surface area contributed by atoms with Crippen molar-refractivity contribution in [2.45, 2.75) is 19.4 Å². The molecular formula is C22H18F2N4O2S. The van der Waals surface area contributed by atoms with Crippen LogP contribution in [0.5, 0.6) is 0 Å². The topological polar surface area (TPSA) is 71.3 Å². The van der Waals surface area contributed by atoms with Gasteiger partial charge in [-0.3, -0.25) is 4.79 Å². The van der Waals surface area contributed by atoms with E-state index in [1.54, 1.807) is 4.90 Å². The minimum Gasteiger partial charge on any atom is -0.420 e. The van der Waals surface area contributed by atoms with Crippen molar-refractivity contribution < 1.29 is 18.0 Å². The van der Waals surface area contributed by atoms with Crippen LogP contribution in [-0.2, 0) is 0 Å². The lowest BCUT2D eigenvalue weighted by atomic mass is 10.1. The first-order chi connectivity index (χ1) is 15.0. The van der Waals surface area contributed by atoms with E-state index in [0.29, 0.717) is 25.2 Å². The van der Waals surface area contributed by atoms with E-state index in [4.69, 9.17) is 4.42 Å². The first-order valence-corrected chi connectivity index (χ1v) is 10.6. The van der Waals surface area contributed by atoms with Crippen molar-refractivity contribution in [3.63, 3.8) is 0 Å². The van der Waals surface area contributed by atoms with Crippen LogP contribution < -0.4 is 5.32 Å². The number of aromatic nitrogens is 2. The number of thiazole rings is 1. The van der Waals surface area contributed by atoms with E-state index < -0.39 is 11.6 Å². The van der Waals surface area contributed by atoms with Crippen molar-refractivity contribution in [3.05, 3.63) is 64.8 Å². The molecule has 0 radical (unpaired) electrons. The summed E-state index contributed by atoms with van der Waals surface area (Å²) in [7, 11) is 0. The minimum atomic E-state index is -1.06. The van der Waals surface area contributed by atoms with Crippen LogP contribution in [0.15, 0.2) is 46.9 Å². The highest BCUT2D eigenvalue weighted by Gasteiger charge is 2.31. The summed E-state index contributed by atoms with van der Waals surface area (Å²) in [5, 5.41) is 3.92. The summed E-state index contributed by atoms with van der Waals surface area (Å²) < 4.78 is 32.6. The molecule has 1 atom stereocenters. The summed E-state index contributed by atoms with van der Waals surface area (Å²) in [6, 6.07) is 12.1. The number of benzene rings is 2. The molecule has 4 aromatic rings. The molecule has 5 rings (SSSR count). The zero-order chi connectivity index (χ0) is 21.5. The molecule has 1 aliphatic rings. The van der Waals surface area contributed by atoms with Gasteiger partial charge in [-0.05, 0) is 31.0 Å². The number of halogens is 2. The standard InChI is InChI=1S/C22H18F2N4O2S/c1-12-25-18(20(31-12)13-5-3-2-4-6-13)21(29)28-10-9-14(11-28)26-22-27-16-8-7-15(23)17(24)19(16)30-22/h2-8,14H,9-11H2,1H3,(H,26,27). The van der Waals surface area contributed by atoms with Gasteiger partial charge in [-0.25, -0.2) is 9.37 Å². The fourth-order valence-electron chi connectivity index (χ4n) is 3.74. The zero-order valence-electron chi connectivity index (χ0n) is 16.6. The van der Waals surface area contributed by atoms with Crippen LogP contribution >= 0.6 is 11.3 Å². The highest BCUT2D eigenvalue weighted by Crippen LogP contribution is 2.32. The Morgan fingerprint density at radius 2 is 2.00 bits per heavy atom. The van der Waals surface area contributed by atoms with Crippen LogP contribution in [0.3, 0.4) is 0 Å². The molecule has 0 saturated carbocycles. The third-order valence-corrected chi connectivity index (χ3v) is 6.25. The fraction of sp³-hybridized carbons (Fsp3) is 0.227. The maximum atomic E-state index is 13.9. The molecule has 0 aliphatic carbocycles. The van der Waals surface area contributed by atoms with Crippen LogP contribution in [0.1, 0.15) is 21.9 Å². The van der Waals surface area contributed by atoms with Crippen LogP contribution in [0.25, 0.3) is 21.5 Å². The summed E-state index contributed by atoms with van der Waals surface area (Å²) in [5.41, 5.74) is 1.43. The summed E-state index contributed by atoms with van der Waals surface area (Å²) in [6.07, 6.45) is 0.672. The van der Waals surface area contributed by atoms with Gasteiger partial charge in [-0.15, -0.1) is 11.3 Å². The second kappa shape index (κ2) is 7.73. The molecule has 1 saturated heterocycles.